The fourth-order valence-corrected chi connectivity index (χ4v) is 7.34. The molecule has 2 saturated heterocycles. The van der Waals surface area contributed by atoms with E-state index in [0.717, 1.165) is 4.90 Å². The van der Waals surface area contributed by atoms with Crippen molar-refractivity contribution < 1.29 is 32.3 Å². The molecule has 2 amide bonds. The number of hydrogen-bond acceptors (Lipinski definition) is 8. The van der Waals surface area contributed by atoms with Crippen LogP contribution in [0.1, 0.15) is 36.8 Å². The number of esters is 1. The molecule has 3 aromatic rings. The molecule has 2 aliphatic rings. The Labute approximate surface area is 231 Å². The van der Waals surface area contributed by atoms with Gasteiger partial charge in [0.15, 0.2) is 27.4 Å². The second kappa shape index (κ2) is 10.2. The zero-order chi connectivity index (χ0) is 28.7. The molecule has 0 radical (unpaired) electrons. The molecule has 10 nitrogen and oxygen atoms in total. The highest BCUT2D eigenvalue weighted by atomic mass is 32.2. The second-order valence-corrected chi connectivity index (χ2v) is 12.6. The molecule has 206 valence electrons. The van der Waals surface area contributed by atoms with Gasteiger partial charge in [-0.05, 0) is 37.1 Å². The standard InChI is InChI=1S/C29H27N3O7S/c1-29(2)24(27(34)39-23(18-11-5-3-6-12-18)19-13-7-4-8-14-19)32-25(33)22(26(32)40(29,36)37)20(17-38-28(30)35)21-15-9-10-16-31-21/h3-16,23-24,26H,17H2,1-2H3,(H2,30,35)/b22-20-/t24-,26?/m0/s1. The van der Waals surface area contributed by atoms with Crippen LogP contribution in [0, 0.1) is 0 Å². The SMILES string of the molecule is CC1(C)[C@H](C(=O)OC(c2ccccc2)c2ccccc2)N2C(=O)/C(=C(\COC(N)=O)c3ccccn3)C2S1(=O)=O. The summed E-state index contributed by atoms with van der Waals surface area (Å²) in [6.07, 6.45) is -0.463. The lowest BCUT2D eigenvalue weighted by Gasteiger charge is -2.40. The topological polar surface area (TPSA) is 146 Å². The Hall–Kier alpha value is -4.51. The molecule has 3 heterocycles. The normalized spacial score (nSPS) is 21.8. The smallest absolute Gasteiger partial charge is 0.404 e. The van der Waals surface area contributed by atoms with Crippen molar-refractivity contribution in [3.63, 3.8) is 0 Å². The number of carbonyl (C=O) groups is 3. The van der Waals surface area contributed by atoms with E-state index in [0.29, 0.717) is 11.1 Å². The number of nitrogens with two attached hydrogens (primary N) is 1. The Morgan fingerprint density at radius 2 is 1.55 bits per heavy atom. The van der Waals surface area contributed by atoms with E-state index in [4.69, 9.17) is 15.2 Å². The summed E-state index contributed by atoms with van der Waals surface area (Å²) in [6.45, 7) is 2.34. The Kier molecular flexibility index (Phi) is 6.92. The molecule has 2 fully saturated rings. The number of hydrogen-bond donors (Lipinski definition) is 1. The first-order chi connectivity index (χ1) is 19.1. The molecule has 2 N–H and O–H groups in total. The van der Waals surface area contributed by atoms with E-state index in [1.54, 1.807) is 42.5 Å². The summed E-state index contributed by atoms with van der Waals surface area (Å²) in [5, 5.41) is -1.45. The number of pyridine rings is 1. The molecule has 0 spiro atoms. The van der Waals surface area contributed by atoms with Gasteiger partial charge in [0.1, 0.15) is 11.4 Å². The second-order valence-electron chi connectivity index (χ2n) is 9.97. The summed E-state index contributed by atoms with van der Waals surface area (Å²) in [4.78, 5) is 44.0. The van der Waals surface area contributed by atoms with Gasteiger partial charge in [0, 0.05) is 11.8 Å². The van der Waals surface area contributed by atoms with Crippen molar-refractivity contribution in [2.75, 3.05) is 6.61 Å². The first-order valence-corrected chi connectivity index (χ1v) is 14.0. The number of amides is 2. The van der Waals surface area contributed by atoms with E-state index in [1.807, 2.05) is 36.4 Å². The molecule has 1 unspecified atom stereocenters. The van der Waals surface area contributed by atoms with Gasteiger partial charge in [0.2, 0.25) is 0 Å². The van der Waals surface area contributed by atoms with Crippen LogP contribution in [0.15, 0.2) is 90.6 Å². The molecule has 1 aromatic heterocycles. The van der Waals surface area contributed by atoms with Gasteiger partial charge in [-0.1, -0.05) is 66.7 Å². The van der Waals surface area contributed by atoms with Gasteiger partial charge in [-0.15, -0.1) is 0 Å². The van der Waals surface area contributed by atoms with Crippen molar-refractivity contribution in [3.05, 3.63) is 107 Å². The van der Waals surface area contributed by atoms with E-state index in [1.165, 1.54) is 20.0 Å². The van der Waals surface area contributed by atoms with Gasteiger partial charge in [0.05, 0.1) is 11.3 Å². The molecular weight excluding hydrogens is 534 g/mol. The molecule has 11 heteroatoms. The molecule has 0 aliphatic carbocycles. The van der Waals surface area contributed by atoms with E-state index >= 15 is 0 Å². The largest absolute Gasteiger partial charge is 0.451 e. The molecule has 0 bridgehead atoms. The van der Waals surface area contributed by atoms with Crippen molar-refractivity contribution in [1.82, 2.24) is 9.88 Å². The predicted molar refractivity (Wildman–Crippen MR) is 145 cm³/mol. The number of ether oxygens (including phenoxy) is 2. The van der Waals surface area contributed by atoms with Crippen LogP contribution in [-0.2, 0) is 28.9 Å². The lowest BCUT2D eigenvalue weighted by Crippen LogP contribution is -2.59. The average molecular weight is 562 g/mol. The monoisotopic (exact) mass is 561 g/mol. The van der Waals surface area contributed by atoms with Crippen molar-refractivity contribution in [1.29, 1.82) is 0 Å². The van der Waals surface area contributed by atoms with Crippen molar-refractivity contribution >= 4 is 33.4 Å². The molecule has 0 saturated carbocycles. The van der Waals surface area contributed by atoms with E-state index < -0.39 is 56.7 Å². The Bertz CT molecular complexity index is 1550. The predicted octanol–water partition coefficient (Wildman–Crippen LogP) is 3.01. The Balaban J connectivity index is 1.55. The molecule has 2 atom stereocenters. The van der Waals surface area contributed by atoms with Crippen molar-refractivity contribution in [2.45, 2.75) is 36.1 Å². The molecule has 2 aromatic carbocycles. The van der Waals surface area contributed by atoms with Gasteiger partial charge < -0.3 is 20.1 Å². The van der Waals surface area contributed by atoms with Gasteiger partial charge >= 0.3 is 12.1 Å². The van der Waals surface area contributed by atoms with Crippen LogP contribution in [0.4, 0.5) is 4.79 Å². The average Bonchev–Trinajstić information content (AvgIpc) is 3.09. The number of fused-ring (bicyclic) bond motifs is 1. The van der Waals surface area contributed by atoms with E-state index in [-0.39, 0.29) is 16.8 Å². The number of carbonyl (C=O) groups excluding carboxylic acids is 3. The summed E-state index contributed by atoms with van der Waals surface area (Å²) >= 11 is 0. The van der Waals surface area contributed by atoms with Gasteiger partial charge in [-0.2, -0.15) is 0 Å². The summed E-state index contributed by atoms with van der Waals surface area (Å²) in [5.74, 6) is -1.54. The highest BCUT2D eigenvalue weighted by Gasteiger charge is 2.71. The zero-order valence-corrected chi connectivity index (χ0v) is 22.6. The number of nitrogens with zero attached hydrogens (tertiary/aromatic N) is 2. The quantitative estimate of drug-likeness (QED) is 0.263. The van der Waals surface area contributed by atoms with Crippen LogP contribution < -0.4 is 5.73 Å². The van der Waals surface area contributed by atoms with Crippen LogP contribution in [0.2, 0.25) is 0 Å². The minimum Gasteiger partial charge on any atom is -0.451 e. The molecule has 2 aliphatic heterocycles. The highest BCUT2D eigenvalue weighted by molar-refractivity contribution is 7.94. The number of sulfone groups is 1. The third kappa shape index (κ3) is 4.41. The minimum absolute atomic E-state index is 0.102. The van der Waals surface area contributed by atoms with Gasteiger partial charge in [-0.3, -0.25) is 9.78 Å². The van der Waals surface area contributed by atoms with E-state index in [9.17, 15) is 22.8 Å². The third-order valence-corrected chi connectivity index (χ3v) is 9.99. The maximum Gasteiger partial charge on any atom is 0.404 e. The van der Waals surface area contributed by atoms with Crippen molar-refractivity contribution in [2.24, 2.45) is 5.73 Å². The molecule has 40 heavy (non-hydrogen) atoms. The maximum atomic E-state index is 13.9. The van der Waals surface area contributed by atoms with Gasteiger partial charge in [0.25, 0.3) is 5.91 Å². The summed E-state index contributed by atoms with van der Waals surface area (Å²) in [6, 6.07) is 21.5. The van der Waals surface area contributed by atoms with Crippen LogP contribution >= 0.6 is 0 Å². The Morgan fingerprint density at radius 1 is 0.975 bits per heavy atom. The zero-order valence-electron chi connectivity index (χ0n) is 21.8. The lowest BCUT2D eigenvalue weighted by atomic mass is 9.91. The maximum absolute atomic E-state index is 13.9. The van der Waals surface area contributed by atoms with Crippen LogP contribution in [-0.4, -0.2) is 59.0 Å². The Morgan fingerprint density at radius 3 is 2.08 bits per heavy atom. The number of primary amides is 1. The van der Waals surface area contributed by atoms with Crippen molar-refractivity contribution in [3.8, 4) is 0 Å². The van der Waals surface area contributed by atoms with Crippen LogP contribution in [0.25, 0.3) is 5.57 Å². The highest BCUT2D eigenvalue weighted by Crippen LogP contribution is 2.51. The first-order valence-electron chi connectivity index (χ1n) is 12.5. The summed E-state index contributed by atoms with van der Waals surface area (Å²) < 4.78 is 37.0. The fourth-order valence-electron chi connectivity index (χ4n) is 5.17. The number of rotatable bonds is 7. The molecular formula is C29H27N3O7S. The lowest BCUT2D eigenvalue weighted by molar-refractivity contribution is -0.160. The number of β-lactam (4-membered cyclic amide) rings is 1. The minimum atomic E-state index is -4.15. The van der Waals surface area contributed by atoms with Crippen LogP contribution in [0.5, 0.6) is 0 Å². The first kappa shape index (κ1) is 27.1. The summed E-state index contributed by atoms with van der Waals surface area (Å²) in [7, 11) is -4.15. The van der Waals surface area contributed by atoms with Gasteiger partial charge in [-0.25, -0.2) is 18.0 Å². The van der Waals surface area contributed by atoms with E-state index in [2.05, 4.69) is 4.98 Å². The summed E-state index contributed by atoms with van der Waals surface area (Å²) in [5.41, 5.74) is 6.75. The third-order valence-electron chi connectivity index (χ3n) is 7.25. The van der Waals surface area contributed by atoms with Crippen LogP contribution in [0.3, 0.4) is 0 Å². The number of benzene rings is 2. The number of aromatic nitrogens is 1. The molecule has 5 rings (SSSR count). The fraction of sp³-hybridized carbons (Fsp3) is 0.241.